The van der Waals surface area contributed by atoms with Crippen LogP contribution in [0.25, 0.3) is 0 Å². The summed E-state index contributed by atoms with van der Waals surface area (Å²) in [7, 11) is -1.51. The third-order valence-corrected chi connectivity index (χ3v) is 2.85. The summed E-state index contributed by atoms with van der Waals surface area (Å²) in [4.78, 5) is 10.7. The van der Waals surface area contributed by atoms with Crippen LogP contribution in [-0.4, -0.2) is 52.6 Å². The maximum absolute atomic E-state index is 11.3. The molecule has 0 spiro atoms. The second-order valence-corrected chi connectivity index (χ2v) is 5.16. The van der Waals surface area contributed by atoms with Gasteiger partial charge in [0.25, 0.3) is 0 Å². The second kappa shape index (κ2) is 6.74. The molecule has 0 aliphatic carbocycles. The number of nitrogens with one attached hydrogen (secondary N) is 2. The van der Waals surface area contributed by atoms with E-state index in [9.17, 15) is 18.3 Å². The summed E-state index contributed by atoms with van der Waals surface area (Å²) in [5, 5.41) is 9.75. The normalized spacial score (nSPS) is 15.1. The van der Waals surface area contributed by atoms with E-state index in [1.165, 1.54) is 14.0 Å². The Hall–Kier alpha value is -0.900. The predicted molar refractivity (Wildman–Crippen MR) is 59.6 cm³/mol. The van der Waals surface area contributed by atoms with Gasteiger partial charge in [-0.25, -0.2) is 9.52 Å². The van der Waals surface area contributed by atoms with Gasteiger partial charge in [0.2, 0.25) is 0 Å². The molecule has 0 aromatic rings. The van der Waals surface area contributed by atoms with E-state index in [1.54, 1.807) is 4.72 Å². The molecule has 0 saturated heterocycles. The highest BCUT2D eigenvalue weighted by molar-refractivity contribution is 7.88. The lowest BCUT2D eigenvalue weighted by Crippen LogP contribution is -2.47. The summed E-state index contributed by atoms with van der Waals surface area (Å²) in [6.07, 6.45) is -0.849. The van der Waals surface area contributed by atoms with Crippen molar-refractivity contribution in [1.29, 1.82) is 0 Å². The molecule has 0 fully saturated rings. The molecule has 8 nitrogen and oxygen atoms in total. The van der Waals surface area contributed by atoms with Gasteiger partial charge in [-0.15, -0.1) is 0 Å². The molecule has 1 amide bonds. The van der Waals surface area contributed by atoms with Crippen molar-refractivity contribution in [2.75, 3.05) is 27.4 Å². The van der Waals surface area contributed by atoms with Crippen molar-refractivity contribution in [2.24, 2.45) is 0 Å². The van der Waals surface area contributed by atoms with Crippen LogP contribution in [0.5, 0.6) is 0 Å². The molecule has 0 saturated carbocycles. The van der Waals surface area contributed by atoms with Crippen LogP contribution in [0.2, 0.25) is 0 Å². The lowest BCUT2D eigenvalue weighted by molar-refractivity contribution is 0.0291. The molecule has 0 heterocycles. The minimum atomic E-state index is -4.03. The van der Waals surface area contributed by atoms with Crippen molar-refractivity contribution < 1.29 is 27.8 Å². The number of hydrogen-bond donors (Lipinski definition) is 3. The van der Waals surface area contributed by atoms with Gasteiger partial charge in [0.1, 0.15) is 0 Å². The molecule has 3 N–H and O–H groups in total. The van der Waals surface area contributed by atoms with Gasteiger partial charge in [-0.05, 0) is 6.92 Å². The topological polar surface area (TPSA) is 114 Å². The fourth-order valence-electron chi connectivity index (χ4n) is 0.848. The third kappa shape index (κ3) is 7.91. The number of amides is 1. The smallest absolute Gasteiger partial charge is 0.421 e. The lowest BCUT2D eigenvalue weighted by atomic mass is 10.0. The highest BCUT2D eigenvalue weighted by atomic mass is 32.2. The van der Waals surface area contributed by atoms with E-state index in [0.29, 0.717) is 6.61 Å². The molecule has 0 bridgehead atoms. The molecule has 0 radical (unpaired) electrons. The van der Waals surface area contributed by atoms with Crippen LogP contribution in [0.15, 0.2) is 0 Å². The van der Waals surface area contributed by atoms with Gasteiger partial charge in [0.15, 0.2) is 0 Å². The van der Waals surface area contributed by atoms with E-state index in [-0.39, 0.29) is 13.0 Å². The molecule has 0 aliphatic rings. The molecular weight excluding hydrogens is 252 g/mol. The first-order valence-electron chi connectivity index (χ1n) is 4.79. The largest absolute Gasteiger partial charge is 0.452 e. The Morgan fingerprint density at radius 2 is 2.00 bits per heavy atom. The Morgan fingerprint density at radius 3 is 2.47 bits per heavy atom. The Labute approximate surface area is 100 Å². The summed E-state index contributed by atoms with van der Waals surface area (Å²) in [5.41, 5.74) is -1.26. The Kier molecular flexibility index (Phi) is 6.39. The second-order valence-electron chi connectivity index (χ2n) is 3.66. The highest BCUT2D eigenvalue weighted by Gasteiger charge is 2.24. The van der Waals surface area contributed by atoms with Gasteiger partial charge >= 0.3 is 16.3 Å². The molecule has 0 rings (SSSR count). The molecule has 17 heavy (non-hydrogen) atoms. The van der Waals surface area contributed by atoms with Crippen LogP contribution in [-0.2, 0) is 19.7 Å². The van der Waals surface area contributed by atoms with Crippen LogP contribution < -0.4 is 9.44 Å². The SMILES string of the molecule is COCCC(C)(O)CNS(=O)(=O)NC(=O)OC. The zero-order chi connectivity index (χ0) is 13.5. The minimum Gasteiger partial charge on any atom is -0.452 e. The molecule has 102 valence electrons. The van der Waals surface area contributed by atoms with E-state index in [1.807, 2.05) is 4.72 Å². The molecule has 9 heteroatoms. The summed E-state index contributed by atoms with van der Waals surface area (Å²) in [6, 6.07) is 0. The summed E-state index contributed by atoms with van der Waals surface area (Å²) >= 11 is 0. The molecule has 1 atom stereocenters. The van der Waals surface area contributed by atoms with Crippen molar-refractivity contribution in [3.8, 4) is 0 Å². The van der Waals surface area contributed by atoms with Gasteiger partial charge in [-0.1, -0.05) is 0 Å². The number of carbonyl (C=O) groups is 1. The van der Waals surface area contributed by atoms with Crippen molar-refractivity contribution in [3.63, 3.8) is 0 Å². The van der Waals surface area contributed by atoms with E-state index in [4.69, 9.17) is 4.74 Å². The summed E-state index contributed by atoms with van der Waals surface area (Å²) in [6.45, 7) is 1.49. The van der Waals surface area contributed by atoms with Gasteiger partial charge in [0.05, 0.1) is 12.7 Å². The van der Waals surface area contributed by atoms with Crippen LogP contribution >= 0.6 is 0 Å². The monoisotopic (exact) mass is 270 g/mol. The molecular formula is C8H18N2O6S. The lowest BCUT2D eigenvalue weighted by Gasteiger charge is -2.22. The molecule has 0 aliphatic heterocycles. The molecule has 0 aromatic heterocycles. The van der Waals surface area contributed by atoms with Gasteiger partial charge in [-0.2, -0.15) is 13.1 Å². The fraction of sp³-hybridized carbons (Fsp3) is 0.875. The average Bonchev–Trinajstić information content (AvgIpc) is 2.23. The van der Waals surface area contributed by atoms with Crippen LogP contribution in [0.1, 0.15) is 13.3 Å². The first-order valence-corrected chi connectivity index (χ1v) is 6.27. The zero-order valence-corrected chi connectivity index (χ0v) is 10.8. The van der Waals surface area contributed by atoms with Crippen LogP contribution in [0.4, 0.5) is 4.79 Å². The molecule has 1 unspecified atom stereocenters. The van der Waals surface area contributed by atoms with Crippen molar-refractivity contribution in [2.45, 2.75) is 18.9 Å². The maximum Gasteiger partial charge on any atom is 0.421 e. The molecule has 0 aromatic carbocycles. The van der Waals surface area contributed by atoms with E-state index < -0.39 is 21.9 Å². The Balaban J connectivity index is 4.21. The number of carbonyl (C=O) groups excluding carboxylic acids is 1. The predicted octanol–water partition coefficient (Wildman–Crippen LogP) is -1.04. The van der Waals surface area contributed by atoms with Gasteiger partial charge in [0, 0.05) is 26.7 Å². The quantitative estimate of drug-likeness (QED) is 0.544. The van der Waals surface area contributed by atoms with Gasteiger partial charge < -0.3 is 14.6 Å². The number of methoxy groups -OCH3 is 2. The first-order chi connectivity index (χ1) is 7.72. The maximum atomic E-state index is 11.3. The van der Waals surface area contributed by atoms with Crippen molar-refractivity contribution in [3.05, 3.63) is 0 Å². The third-order valence-electron chi connectivity index (χ3n) is 1.89. The number of hydrogen-bond acceptors (Lipinski definition) is 6. The first kappa shape index (κ1) is 16.1. The number of ether oxygens (including phenoxy) is 2. The van der Waals surface area contributed by atoms with Crippen molar-refractivity contribution >= 4 is 16.3 Å². The highest BCUT2D eigenvalue weighted by Crippen LogP contribution is 2.07. The van der Waals surface area contributed by atoms with E-state index in [2.05, 4.69) is 4.74 Å². The van der Waals surface area contributed by atoms with E-state index >= 15 is 0 Å². The van der Waals surface area contributed by atoms with E-state index in [0.717, 1.165) is 7.11 Å². The number of aliphatic hydroxyl groups is 1. The number of rotatable bonds is 7. The van der Waals surface area contributed by atoms with Gasteiger partial charge in [-0.3, -0.25) is 0 Å². The Morgan fingerprint density at radius 1 is 1.41 bits per heavy atom. The van der Waals surface area contributed by atoms with Crippen LogP contribution in [0, 0.1) is 0 Å². The standard InChI is InChI=1S/C8H18N2O6S/c1-8(12,4-5-15-2)6-9-17(13,14)10-7(11)16-3/h9,12H,4-6H2,1-3H3,(H,10,11). The fourth-order valence-corrected chi connectivity index (χ4v) is 1.72. The average molecular weight is 270 g/mol. The minimum absolute atomic E-state index is 0.247. The Bertz CT molecular complexity index is 340. The van der Waals surface area contributed by atoms with Crippen LogP contribution in [0.3, 0.4) is 0 Å². The summed E-state index contributed by atoms with van der Waals surface area (Å²) < 4.78 is 35.0. The summed E-state index contributed by atoms with van der Waals surface area (Å²) in [5.74, 6) is 0. The zero-order valence-electron chi connectivity index (χ0n) is 10.0. The van der Waals surface area contributed by atoms with Crippen molar-refractivity contribution in [1.82, 2.24) is 9.44 Å².